The van der Waals surface area contributed by atoms with Gasteiger partial charge in [-0.05, 0) is 181 Å². The molecule has 12 aromatic rings. The van der Waals surface area contributed by atoms with E-state index in [-0.39, 0.29) is 36.5 Å². The van der Waals surface area contributed by atoms with Crippen molar-refractivity contribution >= 4 is 128 Å². The van der Waals surface area contributed by atoms with Gasteiger partial charge in [-0.15, -0.1) is 22.7 Å². The lowest BCUT2D eigenvalue weighted by molar-refractivity contribution is 0.606. The smallest absolute Gasteiger partial charge is 0.0640 e. The van der Waals surface area contributed by atoms with Crippen molar-refractivity contribution < 1.29 is 0 Å². The first kappa shape index (κ1) is 55.4. The van der Waals surface area contributed by atoms with Gasteiger partial charge in [0.05, 0.1) is 21.8 Å². The van der Waals surface area contributed by atoms with Gasteiger partial charge in [0.25, 0.3) is 0 Å². The number of fused-ring (bicyclic) bond motifs is 16. The van der Waals surface area contributed by atoms with Crippen molar-refractivity contribution in [2.75, 3.05) is 4.90 Å². The number of para-hydroxylation sites is 1. The van der Waals surface area contributed by atoms with E-state index in [0.29, 0.717) is 0 Å². The molecular weight excluding hydrogens is 1220 g/mol. The topological polar surface area (TPSA) is 3.24 Å². The number of anilines is 3. The van der Waals surface area contributed by atoms with Crippen LogP contribution in [0.3, 0.4) is 0 Å². The first-order valence-corrected chi connectivity index (χ1v) is 31.4. The number of hydrogen-bond acceptors (Lipinski definition) is 3. The second-order valence-corrected chi connectivity index (χ2v) is 28.6. The van der Waals surface area contributed by atoms with Crippen LogP contribution in [0.15, 0.2) is 208 Å². The molecule has 0 N–H and O–H groups in total. The zero-order valence-corrected chi connectivity index (χ0v) is 52.0. The molecular formula is C75H66Br3NS2. The minimum absolute atomic E-state index is 0. The van der Waals surface area contributed by atoms with Crippen LogP contribution < -0.4 is 4.90 Å². The number of nitrogens with zero attached hydrogens (tertiary/aromatic N) is 1. The third-order valence-electron chi connectivity index (χ3n) is 18.1. The Morgan fingerprint density at radius 3 is 1.26 bits per heavy atom. The molecule has 0 saturated carbocycles. The first-order chi connectivity index (χ1) is 38.0. The molecule has 0 bridgehead atoms. The molecule has 0 atom stereocenters. The maximum Gasteiger partial charge on any atom is 0.0640 e. The van der Waals surface area contributed by atoms with Gasteiger partial charge >= 0.3 is 0 Å². The van der Waals surface area contributed by atoms with Gasteiger partial charge in [0.2, 0.25) is 0 Å². The number of hydrogen-bond donors (Lipinski definition) is 0. The van der Waals surface area contributed by atoms with E-state index in [9.17, 15) is 0 Å². The summed E-state index contributed by atoms with van der Waals surface area (Å²) in [5.74, 6) is 0. The number of halogens is 3. The average Bonchev–Trinajstić information content (AvgIpc) is 2.74. The molecule has 81 heavy (non-hydrogen) atoms. The van der Waals surface area contributed by atoms with E-state index in [1.54, 1.807) is 0 Å². The molecule has 3 aliphatic carbocycles. The number of rotatable bonds is 1. The van der Waals surface area contributed by atoms with Crippen LogP contribution in [0.2, 0.25) is 0 Å². The van der Waals surface area contributed by atoms with Crippen LogP contribution in [-0.2, 0) is 28.1 Å². The molecule has 0 saturated heterocycles. The molecule has 0 radical (unpaired) electrons. The third kappa shape index (κ3) is 8.34. The van der Waals surface area contributed by atoms with Crippen molar-refractivity contribution in [1.29, 1.82) is 0 Å². The number of benzene rings is 10. The standard InChI is InChI=1S/C36H28BrNS.C25H24.C12H6Br2S.2CH4/c1-35(2)25-14-6-5-11-21(25)24-19-28-32(20-27(24)35)38(30-17-8-7-15-26(30)36(28,3)4)31-18-10-13-23-22-12-9-16-29(37)33(22)39-34(23)31;1-24(2)20-11-7-5-9-16(20)13-17-14-23-19(15-22(17)24)18-10-6-8-12-21(18)25(23,3)4;13-9-5-1-3-7-8-4-2-6-10(14)12(8)15-11(7)9;;/h5-20H,1-4H3;5-12,14-15H,13H2,1-4H3;1-6H;2*1H4. The zero-order valence-electron chi connectivity index (χ0n) is 45.6. The fraction of sp³-hybridized carbons (Fsp3) is 0.200. The highest BCUT2D eigenvalue weighted by atomic mass is 79.9. The van der Waals surface area contributed by atoms with Gasteiger partial charge in [-0.3, -0.25) is 0 Å². The van der Waals surface area contributed by atoms with Crippen LogP contribution in [0.5, 0.6) is 0 Å². The molecule has 0 fully saturated rings. The highest BCUT2D eigenvalue weighted by molar-refractivity contribution is 9.11. The van der Waals surface area contributed by atoms with Crippen molar-refractivity contribution in [3.63, 3.8) is 0 Å². The fourth-order valence-corrected chi connectivity index (χ4v) is 18.2. The maximum absolute atomic E-state index is 3.82. The molecule has 1 nitrogen and oxygen atoms in total. The SMILES string of the molecule is Brc1cccc2c1sc1c(Br)cccc12.C.C.CC1(C)c2ccccc2-c2cc3c(cc21)N(c1cccc2c1sc1c(Br)cccc12)c1ccccc1C3(C)C.CC1(C)c2ccccc2Cc2cc3c(cc21)-c1ccccc1C3(C)C. The predicted molar refractivity (Wildman–Crippen MR) is 365 cm³/mol. The van der Waals surface area contributed by atoms with E-state index in [4.69, 9.17) is 0 Å². The largest absolute Gasteiger partial charge is 0.308 e. The zero-order chi connectivity index (χ0) is 54.5. The van der Waals surface area contributed by atoms with E-state index >= 15 is 0 Å². The molecule has 6 heteroatoms. The molecule has 4 aliphatic rings. The Kier molecular flexibility index (Phi) is 13.7. The Morgan fingerprint density at radius 1 is 0.309 bits per heavy atom. The summed E-state index contributed by atoms with van der Waals surface area (Å²) in [4.78, 5) is 2.54. The summed E-state index contributed by atoms with van der Waals surface area (Å²) in [7, 11) is 0. The summed E-state index contributed by atoms with van der Waals surface area (Å²) < 4.78 is 8.77. The van der Waals surface area contributed by atoms with Crippen LogP contribution in [0.25, 0.3) is 62.6 Å². The average molecular weight is 1290 g/mol. The first-order valence-electron chi connectivity index (χ1n) is 27.4. The molecule has 0 unspecified atom stereocenters. The number of thiophene rings is 2. The summed E-state index contributed by atoms with van der Waals surface area (Å²) in [5.41, 5.74) is 23.9. The lowest BCUT2D eigenvalue weighted by Gasteiger charge is -2.43. The second-order valence-electron chi connectivity index (χ2n) is 24.0. The molecule has 1 aliphatic heterocycles. The minimum atomic E-state index is -0.129. The monoisotopic (exact) mass is 1280 g/mol. The molecule has 404 valence electrons. The summed E-state index contributed by atoms with van der Waals surface area (Å²) in [6.45, 7) is 19.0. The predicted octanol–water partition coefficient (Wildman–Crippen LogP) is 24.3. The van der Waals surface area contributed by atoms with Crippen molar-refractivity contribution in [2.24, 2.45) is 0 Å². The molecule has 0 spiro atoms. The molecule has 10 aromatic carbocycles. The Morgan fingerprint density at radius 2 is 0.704 bits per heavy atom. The summed E-state index contributed by atoms with van der Waals surface area (Å²) >= 11 is 14.7. The Balaban J connectivity index is 0.000000132. The normalized spacial score (nSPS) is 15.5. The van der Waals surface area contributed by atoms with E-state index in [2.05, 4.69) is 302 Å². The van der Waals surface area contributed by atoms with Crippen LogP contribution in [0.4, 0.5) is 17.1 Å². The fourth-order valence-electron chi connectivity index (χ4n) is 14.0. The Labute approximate surface area is 512 Å². The Bertz CT molecular complexity index is 4470. The van der Waals surface area contributed by atoms with Crippen molar-refractivity contribution in [1.82, 2.24) is 0 Å². The molecule has 16 rings (SSSR count). The second kappa shape index (κ2) is 20.1. The van der Waals surface area contributed by atoms with Gasteiger partial charge in [0, 0.05) is 70.7 Å². The Hall–Kier alpha value is -6.12. The van der Waals surface area contributed by atoms with E-state index in [0.717, 1.165) is 10.9 Å². The molecule has 0 amide bonds. The van der Waals surface area contributed by atoms with Gasteiger partial charge in [0.15, 0.2) is 0 Å². The summed E-state index contributed by atoms with van der Waals surface area (Å²) in [6, 6.07) is 71.9. The lowest BCUT2D eigenvalue weighted by atomic mass is 9.67. The van der Waals surface area contributed by atoms with Gasteiger partial charge < -0.3 is 4.90 Å². The van der Waals surface area contributed by atoms with Crippen LogP contribution in [-0.4, -0.2) is 0 Å². The molecule has 2 aromatic heterocycles. The van der Waals surface area contributed by atoms with Gasteiger partial charge in [-0.25, -0.2) is 0 Å². The van der Waals surface area contributed by atoms with E-state index in [1.165, 1.54) is 144 Å². The summed E-state index contributed by atoms with van der Waals surface area (Å²) in [5, 5.41) is 5.27. The maximum atomic E-state index is 3.82. The van der Waals surface area contributed by atoms with Crippen molar-refractivity contribution in [2.45, 2.75) is 98.3 Å². The van der Waals surface area contributed by atoms with Gasteiger partial charge in [-0.2, -0.15) is 0 Å². The molecule has 3 heterocycles. The highest BCUT2D eigenvalue weighted by Crippen LogP contribution is 2.59. The quantitative estimate of drug-likeness (QED) is 0.158. The van der Waals surface area contributed by atoms with Crippen molar-refractivity contribution in [3.05, 3.63) is 263 Å². The van der Waals surface area contributed by atoms with E-state index < -0.39 is 0 Å². The summed E-state index contributed by atoms with van der Waals surface area (Å²) in [6.07, 6.45) is 1.05. The van der Waals surface area contributed by atoms with Crippen molar-refractivity contribution in [3.8, 4) is 22.3 Å². The van der Waals surface area contributed by atoms with Crippen LogP contribution in [0.1, 0.15) is 126 Å². The van der Waals surface area contributed by atoms with Gasteiger partial charge in [-0.1, -0.05) is 216 Å². The van der Waals surface area contributed by atoms with Crippen LogP contribution >= 0.6 is 70.5 Å². The highest BCUT2D eigenvalue weighted by Gasteiger charge is 2.43. The third-order valence-corrected chi connectivity index (χ3v) is 23.4. The lowest BCUT2D eigenvalue weighted by Crippen LogP contribution is -2.31. The van der Waals surface area contributed by atoms with Crippen LogP contribution in [0, 0.1) is 0 Å². The van der Waals surface area contributed by atoms with Gasteiger partial charge in [0.1, 0.15) is 0 Å². The van der Waals surface area contributed by atoms with E-state index in [1.807, 2.05) is 22.7 Å². The minimum Gasteiger partial charge on any atom is -0.308 e.